The number of aromatic nitrogens is 1. The Bertz CT molecular complexity index is 860. The van der Waals surface area contributed by atoms with Gasteiger partial charge in [0, 0.05) is 11.8 Å². The van der Waals surface area contributed by atoms with E-state index in [1.165, 1.54) is 5.56 Å². The molecule has 0 saturated carbocycles. The average Bonchev–Trinajstić information content (AvgIpc) is 2.78. The van der Waals surface area contributed by atoms with E-state index >= 15 is 0 Å². The molecule has 0 radical (unpaired) electrons. The molecule has 0 spiro atoms. The molecule has 2 aromatic carbocycles. The lowest BCUT2D eigenvalue weighted by Crippen LogP contribution is -2.13. The molecule has 0 amide bonds. The minimum absolute atomic E-state index is 0.494. The van der Waals surface area contributed by atoms with Gasteiger partial charge in [0.05, 0.1) is 11.2 Å². The highest BCUT2D eigenvalue weighted by atomic mass is 16.5. The molecule has 4 N–H and O–H groups in total. The number of amidine groups is 1. The molecule has 1 aromatic heterocycles. The zero-order valence-corrected chi connectivity index (χ0v) is 18.1. The number of aryl methyl sites for hydroxylation is 1. The van der Waals surface area contributed by atoms with Crippen LogP contribution in [0, 0.1) is 6.92 Å². The van der Waals surface area contributed by atoms with Crippen molar-refractivity contribution in [3.63, 3.8) is 0 Å². The number of pyridine rings is 1. The van der Waals surface area contributed by atoms with Crippen molar-refractivity contribution < 1.29 is 4.74 Å². The van der Waals surface area contributed by atoms with Gasteiger partial charge in [-0.15, -0.1) is 0 Å². The van der Waals surface area contributed by atoms with E-state index in [0.717, 1.165) is 41.6 Å². The Hall–Kier alpha value is -3.08. The molecule has 0 aliphatic carbocycles. The van der Waals surface area contributed by atoms with E-state index in [4.69, 9.17) is 16.3 Å². The highest BCUT2D eigenvalue weighted by Gasteiger charge is 1.99. The van der Waals surface area contributed by atoms with Crippen LogP contribution in [0.3, 0.4) is 0 Å². The Morgan fingerprint density at radius 1 is 1.00 bits per heavy atom. The van der Waals surface area contributed by atoms with Crippen molar-refractivity contribution in [2.75, 3.05) is 0 Å². The third-order valence-electron chi connectivity index (χ3n) is 4.02. The highest BCUT2D eigenvalue weighted by molar-refractivity contribution is 5.79. The number of hydrogen-bond donors (Lipinski definition) is 2. The lowest BCUT2D eigenvalue weighted by atomic mass is 10.2. The number of unbranched alkanes of at least 4 members (excludes halogenated alkanes) is 1. The van der Waals surface area contributed by atoms with Crippen LogP contribution in [0.5, 0.6) is 5.75 Å². The van der Waals surface area contributed by atoms with Crippen LogP contribution in [0.15, 0.2) is 65.8 Å². The minimum atomic E-state index is 0.494. The second-order valence-corrected chi connectivity index (χ2v) is 6.32. The molecule has 0 fully saturated rings. The largest absolute Gasteiger partial charge is 0.487 e. The molecule has 0 bridgehead atoms. The van der Waals surface area contributed by atoms with Crippen LogP contribution in [-0.2, 0) is 6.61 Å². The van der Waals surface area contributed by atoms with Crippen LogP contribution in [0.4, 0.5) is 0 Å². The molecular weight excluding hydrogens is 360 g/mol. The molecule has 29 heavy (non-hydrogen) atoms. The summed E-state index contributed by atoms with van der Waals surface area (Å²) in [5.74, 6) is 6.30. The van der Waals surface area contributed by atoms with Crippen LogP contribution >= 0.6 is 0 Å². The fourth-order valence-electron chi connectivity index (χ4n) is 2.40. The number of hydrogen-bond acceptors (Lipinski definition) is 4. The van der Waals surface area contributed by atoms with Crippen molar-refractivity contribution in [3.8, 4) is 5.75 Å². The predicted molar refractivity (Wildman–Crippen MR) is 124 cm³/mol. The summed E-state index contributed by atoms with van der Waals surface area (Å²) in [5, 5.41) is 4.47. The van der Waals surface area contributed by atoms with Crippen molar-refractivity contribution >= 4 is 16.7 Å². The van der Waals surface area contributed by atoms with Crippen LogP contribution < -0.4 is 16.3 Å². The Kier molecular flexibility index (Phi) is 11.6. The molecule has 0 saturated heterocycles. The molecule has 0 aliphatic heterocycles. The molecule has 156 valence electrons. The maximum Gasteiger partial charge on any atom is 0.130 e. The zero-order chi connectivity index (χ0) is 21.5. The molecule has 3 aromatic rings. The Balaban J connectivity index is 0.000000358. The highest BCUT2D eigenvalue weighted by Crippen LogP contribution is 2.15. The maximum absolute atomic E-state index is 5.73. The summed E-state index contributed by atoms with van der Waals surface area (Å²) in [6, 6.07) is 20.2. The molecule has 5 nitrogen and oxygen atoms in total. The van der Waals surface area contributed by atoms with Crippen LogP contribution in [0.2, 0.25) is 0 Å². The molecule has 1 heterocycles. The number of ether oxygens (including phenoxy) is 1. The van der Waals surface area contributed by atoms with Gasteiger partial charge in [0.2, 0.25) is 0 Å². The molecule has 0 aliphatic rings. The lowest BCUT2D eigenvalue weighted by Gasteiger charge is -2.06. The van der Waals surface area contributed by atoms with E-state index in [2.05, 4.69) is 36.1 Å². The van der Waals surface area contributed by atoms with Crippen molar-refractivity contribution in [1.82, 2.24) is 4.98 Å². The van der Waals surface area contributed by atoms with Gasteiger partial charge in [-0.25, -0.2) is 4.98 Å². The van der Waals surface area contributed by atoms with E-state index in [9.17, 15) is 0 Å². The third kappa shape index (κ3) is 9.10. The first-order valence-corrected chi connectivity index (χ1v) is 10.2. The number of fused-ring (bicyclic) bond motifs is 1. The predicted octanol–water partition coefficient (Wildman–Crippen LogP) is 5.56. The van der Waals surface area contributed by atoms with Gasteiger partial charge in [0.25, 0.3) is 0 Å². The Morgan fingerprint density at radius 3 is 2.34 bits per heavy atom. The molecule has 3 rings (SSSR count). The molecule has 5 heteroatoms. The average molecular weight is 395 g/mol. The van der Waals surface area contributed by atoms with Gasteiger partial charge in [-0.2, -0.15) is 5.10 Å². The van der Waals surface area contributed by atoms with Gasteiger partial charge in [0.15, 0.2) is 0 Å². The lowest BCUT2D eigenvalue weighted by molar-refractivity contribution is 0.302. The normalized spacial score (nSPS) is 10.4. The number of nitrogens with two attached hydrogens (primary N) is 2. The van der Waals surface area contributed by atoms with Gasteiger partial charge in [-0.05, 0) is 37.6 Å². The monoisotopic (exact) mass is 394 g/mol. The standard InChI is InChI=1S/C17H15NO.C5H13N3.C2H6/c1-13-6-10-16(11-7-13)19-12-15-9-8-14-4-2-3-5-17(14)18-15;1-2-3-4-5(6)8-7;1-2/h2-11H,12H2,1H3;2-4,7H2,1H3,(H2,6,8);1-2H3. The van der Waals surface area contributed by atoms with E-state index in [1.807, 2.05) is 62.4 Å². The quantitative estimate of drug-likeness (QED) is 0.248. The first kappa shape index (κ1) is 24.0. The van der Waals surface area contributed by atoms with Crippen molar-refractivity contribution in [2.45, 2.75) is 53.6 Å². The molecule has 0 atom stereocenters. The topological polar surface area (TPSA) is 86.5 Å². The van der Waals surface area contributed by atoms with Crippen molar-refractivity contribution in [3.05, 3.63) is 71.9 Å². The summed E-state index contributed by atoms with van der Waals surface area (Å²) in [6.07, 6.45) is 3.04. The van der Waals surface area contributed by atoms with E-state index in [0.29, 0.717) is 12.4 Å². The SMILES string of the molecule is CC.CCCC/C(N)=N/N.Cc1ccc(OCc2ccc3ccccc3n2)cc1. The number of benzene rings is 2. The van der Waals surface area contributed by atoms with Gasteiger partial charge in [0.1, 0.15) is 18.2 Å². The number of para-hydroxylation sites is 1. The number of nitrogens with zero attached hydrogens (tertiary/aromatic N) is 2. The second-order valence-electron chi connectivity index (χ2n) is 6.32. The number of hydrazone groups is 1. The summed E-state index contributed by atoms with van der Waals surface area (Å²) in [7, 11) is 0. The van der Waals surface area contributed by atoms with E-state index in [-0.39, 0.29) is 0 Å². The fourth-order valence-corrected chi connectivity index (χ4v) is 2.40. The molecule has 0 unspecified atom stereocenters. The summed E-state index contributed by atoms with van der Waals surface area (Å²) in [4.78, 5) is 4.58. The smallest absolute Gasteiger partial charge is 0.130 e. The first-order valence-electron chi connectivity index (χ1n) is 10.2. The van der Waals surface area contributed by atoms with Crippen LogP contribution in [0.25, 0.3) is 10.9 Å². The van der Waals surface area contributed by atoms with E-state index < -0.39 is 0 Å². The zero-order valence-electron chi connectivity index (χ0n) is 18.1. The Labute approximate surface area is 174 Å². The van der Waals surface area contributed by atoms with Crippen LogP contribution in [0.1, 0.15) is 51.3 Å². The fraction of sp³-hybridized carbons (Fsp3) is 0.333. The van der Waals surface area contributed by atoms with Crippen LogP contribution in [-0.4, -0.2) is 10.8 Å². The Morgan fingerprint density at radius 2 is 1.69 bits per heavy atom. The summed E-state index contributed by atoms with van der Waals surface area (Å²) >= 11 is 0. The van der Waals surface area contributed by atoms with Gasteiger partial charge in [-0.3, -0.25) is 0 Å². The van der Waals surface area contributed by atoms with Gasteiger partial charge in [-0.1, -0.05) is 69.2 Å². The van der Waals surface area contributed by atoms with Gasteiger partial charge >= 0.3 is 0 Å². The molecular formula is C24H34N4O. The number of rotatable bonds is 6. The summed E-state index contributed by atoms with van der Waals surface area (Å²) in [6.45, 7) is 8.66. The minimum Gasteiger partial charge on any atom is -0.487 e. The summed E-state index contributed by atoms with van der Waals surface area (Å²) < 4.78 is 5.73. The van der Waals surface area contributed by atoms with Gasteiger partial charge < -0.3 is 16.3 Å². The van der Waals surface area contributed by atoms with E-state index in [1.54, 1.807) is 0 Å². The third-order valence-corrected chi connectivity index (χ3v) is 4.02. The second kappa shape index (κ2) is 14.0. The summed E-state index contributed by atoms with van der Waals surface area (Å²) in [5.41, 5.74) is 8.47. The first-order chi connectivity index (χ1) is 14.1. The van der Waals surface area contributed by atoms with Crippen molar-refractivity contribution in [1.29, 1.82) is 0 Å². The maximum atomic E-state index is 5.73. The van der Waals surface area contributed by atoms with Crippen molar-refractivity contribution in [2.24, 2.45) is 16.7 Å².